The maximum atomic E-state index is 13.3. The quantitative estimate of drug-likeness (QED) is 0.159. The lowest BCUT2D eigenvalue weighted by molar-refractivity contribution is -0.123. The summed E-state index contributed by atoms with van der Waals surface area (Å²) in [7, 11) is 0. The fraction of sp³-hybridized carbons (Fsp3) is 0.471. The SMILES string of the molecule is CC(C)(C)OC(=O)N[C@@H](CCCCCN)C(=O)NCCc1ccc(-c2cnc(N)c(C(=O)Nc3cnccc3N3CCOCC3)n2)cc1. The van der Waals surface area contributed by atoms with Crippen molar-refractivity contribution in [2.45, 2.75) is 64.5 Å². The van der Waals surface area contributed by atoms with Crippen LogP contribution in [0.5, 0.6) is 0 Å². The van der Waals surface area contributed by atoms with E-state index in [-0.39, 0.29) is 17.4 Å². The highest BCUT2D eigenvalue weighted by molar-refractivity contribution is 6.07. The van der Waals surface area contributed by atoms with Gasteiger partial charge in [-0.1, -0.05) is 37.1 Å². The highest BCUT2D eigenvalue weighted by Gasteiger charge is 2.24. The molecule has 0 saturated carbocycles. The Bertz CT molecular complexity index is 1520. The van der Waals surface area contributed by atoms with Gasteiger partial charge in [-0.05, 0) is 58.2 Å². The number of alkyl carbamates (subject to hydrolysis) is 1. The number of pyridine rings is 1. The lowest BCUT2D eigenvalue weighted by Gasteiger charge is -2.30. The van der Waals surface area contributed by atoms with Crippen LogP contribution in [0, 0.1) is 0 Å². The molecule has 1 aliphatic rings. The van der Waals surface area contributed by atoms with Gasteiger partial charge in [0.2, 0.25) is 5.91 Å². The summed E-state index contributed by atoms with van der Waals surface area (Å²) in [6.07, 6.45) is 7.70. The molecule has 7 N–H and O–H groups in total. The number of morpholine rings is 1. The highest BCUT2D eigenvalue weighted by atomic mass is 16.6. The molecule has 1 saturated heterocycles. The third-order valence-corrected chi connectivity index (χ3v) is 7.58. The second-order valence-corrected chi connectivity index (χ2v) is 12.5. The number of nitrogens with zero attached hydrogens (tertiary/aromatic N) is 4. The maximum absolute atomic E-state index is 13.3. The normalized spacial score (nSPS) is 13.8. The summed E-state index contributed by atoms with van der Waals surface area (Å²) in [5, 5.41) is 8.53. The number of hydrogen-bond donors (Lipinski definition) is 5. The number of nitrogens with two attached hydrogens (primary N) is 2. The number of carbonyl (C=O) groups is 3. The molecule has 0 unspecified atom stereocenters. The minimum atomic E-state index is -0.709. The molecule has 3 amide bonds. The average molecular weight is 662 g/mol. The summed E-state index contributed by atoms with van der Waals surface area (Å²) >= 11 is 0. The number of amides is 3. The predicted octanol–water partition coefficient (Wildman–Crippen LogP) is 3.28. The molecule has 1 aliphatic heterocycles. The number of nitrogens with one attached hydrogen (secondary N) is 3. The van der Waals surface area contributed by atoms with Crippen molar-refractivity contribution in [3.63, 3.8) is 0 Å². The monoisotopic (exact) mass is 661 g/mol. The highest BCUT2D eigenvalue weighted by Crippen LogP contribution is 2.27. The Morgan fingerprint density at radius 2 is 1.79 bits per heavy atom. The largest absolute Gasteiger partial charge is 0.444 e. The number of ether oxygens (including phenoxy) is 2. The van der Waals surface area contributed by atoms with Crippen LogP contribution < -0.4 is 32.3 Å². The lowest BCUT2D eigenvalue weighted by Crippen LogP contribution is -2.48. The Hall–Kier alpha value is -4.82. The fourth-order valence-corrected chi connectivity index (χ4v) is 5.13. The summed E-state index contributed by atoms with van der Waals surface area (Å²) in [4.78, 5) is 53.7. The molecule has 3 aromatic rings. The summed E-state index contributed by atoms with van der Waals surface area (Å²) in [6.45, 7) is 8.89. The van der Waals surface area contributed by atoms with Gasteiger partial charge in [0.25, 0.3) is 5.91 Å². The predicted molar refractivity (Wildman–Crippen MR) is 184 cm³/mol. The standard InChI is InChI=1S/C34H47N9O5/c1-34(2,3)48-33(46)42-25(7-5-4-6-14-35)31(44)38-16-12-23-8-10-24(11-9-23)26-22-39-30(36)29(40-26)32(45)41-27-21-37-15-13-28(27)43-17-19-47-20-18-43/h8-11,13,15,21-22,25H,4-7,12,14,16-20,35H2,1-3H3,(H2,36,39)(H,38,44)(H,41,45)(H,42,46)/t25-/m0/s1. The van der Waals surface area contributed by atoms with Gasteiger partial charge in [0.05, 0.1) is 42.7 Å². The Balaban J connectivity index is 1.35. The van der Waals surface area contributed by atoms with Crippen LogP contribution in [-0.2, 0) is 20.7 Å². The van der Waals surface area contributed by atoms with Crippen LogP contribution in [0.4, 0.5) is 22.0 Å². The minimum absolute atomic E-state index is 0.00800. The van der Waals surface area contributed by atoms with E-state index in [0.29, 0.717) is 63.6 Å². The smallest absolute Gasteiger partial charge is 0.408 e. The molecule has 0 radical (unpaired) electrons. The van der Waals surface area contributed by atoms with E-state index in [9.17, 15) is 14.4 Å². The second kappa shape index (κ2) is 17.4. The van der Waals surface area contributed by atoms with E-state index in [1.54, 1.807) is 33.2 Å². The summed E-state index contributed by atoms with van der Waals surface area (Å²) < 4.78 is 10.8. The Morgan fingerprint density at radius 1 is 1.04 bits per heavy atom. The van der Waals surface area contributed by atoms with Crippen molar-refractivity contribution in [1.29, 1.82) is 0 Å². The van der Waals surface area contributed by atoms with Crippen LogP contribution in [0.1, 0.15) is 62.5 Å². The van der Waals surface area contributed by atoms with E-state index in [2.05, 4.69) is 35.8 Å². The average Bonchev–Trinajstić information content (AvgIpc) is 3.06. The number of carbonyl (C=O) groups excluding carboxylic acids is 3. The molecule has 0 spiro atoms. The Kier molecular flexibility index (Phi) is 13.0. The first kappa shape index (κ1) is 36.0. The van der Waals surface area contributed by atoms with Crippen molar-refractivity contribution in [3.8, 4) is 11.3 Å². The first-order valence-electron chi connectivity index (χ1n) is 16.3. The molecule has 1 fully saturated rings. The van der Waals surface area contributed by atoms with Crippen molar-refractivity contribution in [2.75, 3.05) is 55.3 Å². The molecule has 14 heteroatoms. The molecule has 14 nitrogen and oxygen atoms in total. The van der Waals surface area contributed by atoms with Crippen molar-refractivity contribution in [1.82, 2.24) is 25.6 Å². The minimum Gasteiger partial charge on any atom is -0.444 e. The molecular weight excluding hydrogens is 614 g/mol. The van der Waals surface area contributed by atoms with E-state index in [0.717, 1.165) is 36.1 Å². The van der Waals surface area contributed by atoms with Crippen molar-refractivity contribution in [3.05, 3.63) is 60.2 Å². The molecule has 3 heterocycles. The lowest BCUT2D eigenvalue weighted by atomic mass is 10.1. The number of rotatable bonds is 14. The van der Waals surface area contributed by atoms with Crippen LogP contribution in [0.2, 0.25) is 0 Å². The summed E-state index contributed by atoms with van der Waals surface area (Å²) in [6, 6.07) is 8.74. The zero-order valence-corrected chi connectivity index (χ0v) is 28.0. The van der Waals surface area contributed by atoms with Gasteiger partial charge in [0.1, 0.15) is 11.6 Å². The second-order valence-electron chi connectivity index (χ2n) is 12.5. The van der Waals surface area contributed by atoms with Crippen LogP contribution in [0.15, 0.2) is 48.9 Å². The number of anilines is 3. The van der Waals surface area contributed by atoms with E-state index in [1.807, 2.05) is 30.3 Å². The molecule has 4 rings (SSSR count). The molecule has 1 aromatic carbocycles. The van der Waals surface area contributed by atoms with E-state index >= 15 is 0 Å². The van der Waals surface area contributed by atoms with E-state index < -0.39 is 23.6 Å². The zero-order chi connectivity index (χ0) is 34.5. The first-order valence-corrected chi connectivity index (χ1v) is 16.3. The van der Waals surface area contributed by atoms with Gasteiger partial charge in [-0.25, -0.2) is 14.8 Å². The van der Waals surface area contributed by atoms with Gasteiger partial charge in [-0.3, -0.25) is 14.6 Å². The number of benzene rings is 1. The number of hydrogen-bond acceptors (Lipinski definition) is 11. The van der Waals surface area contributed by atoms with E-state index in [1.165, 1.54) is 6.20 Å². The molecule has 258 valence electrons. The number of aromatic nitrogens is 3. The maximum Gasteiger partial charge on any atom is 0.408 e. The van der Waals surface area contributed by atoms with Crippen LogP contribution in [0.25, 0.3) is 11.3 Å². The molecule has 0 bridgehead atoms. The third kappa shape index (κ3) is 10.9. The van der Waals surface area contributed by atoms with Gasteiger partial charge < -0.3 is 41.8 Å². The van der Waals surface area contributed by atoms with Gasteiger partial charge in [0.15, 0.2) is 11.5 Å². The fourth-order valence-electron chi connectivity index (χ4n) is 5.13. The molecule has 0 aliphatic carbocycles. The van der Waals surface area contributed by atoms with Crippen LogP contribution in [-0.4, -0.2) is 83.9 Å². The summed E-state index contributed by atoms with van der Waals surface area (Å²) in [5.41, 5.74) is 14.6. The molecule has 48 heavy (non-hydrogen) atoms. The zero-order valence-electron chi connectivity index (χ0n) is 28.0. The summed E-state index contributed by atoms with van der Waals surface area (Å²) in [5.74, 6) is -0.744. The number of nitrogen functional groups attached to an aromatic ring is 1. The van der Waals surface area contributed by atoms with Crippen LogP contribution in [0.3, 0.4) is 0 Å². The third-order valence-electron chi connectivity index (χ3n) is 7.58. The van der Waals surface area contributed by atoms with Gasteiger partial charge in [-0.15, -0.1) is 0 Å². The molecule has 2 aromatic heterocycles. The van der Waals surface area contributed by atoms with Crippen molar-refractivity contribution in [2.24, 2.45) is 5.73 Å². The topological polar surface area (TPSA) is 200 Å². The van der Waals surface area contributed by atoms with Gasteiger partial charge in [-0.2, -0.15) is 0 Å². The van der Waals surface area contributed by atoms with Crippen LogP contribution >= 0.6 is 0 Å². The van der Waals surface area contributed by atoms with E-state index in [4.69, 9.17) is 20.9 Å². The van der Waals surface area contributed by atoms with Crippen molar-refractivity contribution >= 4 is 35.1 Å². The number of unbranched alkanes of at least 4 members (excludes halogenated alkanes) is 2. The first-order chi connectivity index (χ1) is 23.0. The Morgan fingerprint density at radius 3 is 2.50 bits per heavy atom. The Labute approximate surface area is 281 Å². The van der Waals surface area contributed by atoms with Gasteiger partial charge >= 0.3 is 6.09 Å². The molecule has 1 atom stereocenters. The van der Waals surface area contributed by atoms with Gasteiger partial charge in [0, 0.05) is 31.4 Å². The van der Waals surface area contributed by atoms with Crippen molar-refractivity contribution < 1.29 is 23.9 Å². The molecular formula is C34H47N9O5.